The van der Waals surface area contributed by atoms with Crippen molar-refractivity contribution in [3.05, 3.63) is 66.2 Å². The predicted molar refractivity (Wildman–Crippen MR) is 82.1 cm³/mol. The van der Waals surface area contributed by atoms with Gasteiger partial charge in [-0.3, -0.25) is 0 Å². The minimum atomic E-state index is -4.78. The third-order valence-corrected chi connectivity index (χ3v) is 3.07. The lowest BCUT2D eigenvalue weighted by Crippen LogP contribution is -2.17. The molecule has 0 atom stereocenters. The highest BCUT2D eigenvalue weighted by Crippen LogP contribution is 2.25. The van der Waals surface area contributed by atoms with Crippen molar-refractivity contribution in [1.82, 2.24) is 5.32 Å². The third kappa shape index (κ3) is 6.58. The Bertz CT molecular complexity index is 753. The van der Waals surface area contributed by atoms with E-state index in [-0.39, 0.29) is 18.0 Å². The molecule has 0 heterocycles. The SMILES string of the molecule is C=C(NCc1cccc(OC(F)(F)F)c1)c1ccc(OC(F)(F)F)cc1. The molecule has 26 heavy (non-hydrogen) atoms. The summed E-state index contributed by atoms with van der Waals surface area (Å²) in [5.74, 6) is -0.720. The first kappa shape index (κ1) is 19.5. The van der Waals surface area contributed by atoms with Gasteiger partial charge in [-0.2, -0.15) is 0 Å². The van der Waals surface area contributed by atoms with Gasteiger partial charge in [-0.25, -0.2) is 0 Å². The lowest BCUT2D eigenvalue weighted by molar-refractivity contribution is -0.275. The third-order valence-electron chi connectivity index (χ3n) is 3.07. The topological polar surface area (TPSA) is 30.5 Å². The Morgan fingerprint density at radius 1 is 0.846 bits per heavy atom. The van der Waals surface area contributed by atoms with E-state index < -0.39 is 12.7 Å². The average Bonchev–Trinajstić information content (AvgIpc) is 2.50. The Hall–Kier alpha value is -2.84. The largest absolute Gasteiger partial charge is 0.573 e. The molecule has 0 unspecified atom stereocenters. The van der Waals surface area contributed by atoms with Crippen molar-refractivity contribution in [1.29, 1.82) is 0 Å². The van der Waals surface area contributed by atoms with E-state index in [9.17, 15) is 26.3 Å². The van der Waals surface area contributed by atoms with E-state index >= 15 is 0 Å². The minimum absolute atomic E-state index is 0.148. The summed E-state index contributed by atoms with van der Waals surface area (Å²) in [6.07, 6.45) is -9.56. The maximum absolute atomic E-state index is 12.2. The van der Waals surface area contributed by atoms with Gasteiger partial charge in [0, 0.05) is 12.2 Å². The van der Waals surface area contributed by atoms with Crippen LogP contribution in [0.25, 0.3) is 5.70 Å². The number of hydrogen-bond acceptors (Lipinski definition) is 3. The summed E-state index contributed by atoms with van der Waals surface area (Å²) in [4.78, 5) is 0. The molecule has 0 fully saturated rings. The molecule has 0 saturated heterocycles. The van der Waals surface area contributed by atoms with Crippen LogP contribution in [0.1, 0.15) is 11.1 Å². The smallest absolute Gasteiger partial charge is 0.406 e. The summed E-state index contributed by atoms with van der Waals surface area (Å²) in [6, 6.07) is 10.4. The van der Waals surface area contributed by atoms with Crippen LogP contribution in [0.3, 0.4) is 0 Å². The van der Waals surface area contributed by atoms with E-state index in [0.717, 1.165) is 12.1 Å². The van der Waals surface area contributed by atoms with Crippen molar-refractivity contribution in [3.63, 3.8) is 0 Å². The highest BCUT2D eigenvalue weighted by Gasteiger charge is 2.31. The van der Waals surface area contributed by atoms with Gasteiger partial charge >= 0.3 is 12.7 Å². The van der Waals surface area contributed by atoms with Crippen LogP contribution in [0.4, 0.5) is 26.3 Å². The number of rotatable bonds is 6. The zero-order chi connectivity index (χ0) is 19.4. The summed E-state index contributed by atoms with van der Waals surface area (Å²) >= 11 is 0. The molecule has 0 spiro atoms. The van der Waals surface area contributed by atoms with Gasteiger partial charge in [-0.05, 0) is 47.5 Å². The highest BCUT2D eigenvalue weighted by atomic mass is 19.4. The summed E-state index contributed by atoms with van der Waals surface area (Å²) in [5, 5.41) is 2.88. The first-order valence-electron chi connectivity index (χ1n) is 7.15. The van der Waals surface area contributed by atoms with Gasteiger partial charge in [0.15, 0.2) is 0 Å². The van der Waals surface area contributed by atoms with E-state index in [0.29, 0.717) is 16.8 Å². The van der Waals surface area contributed by atoms with E-state index in [1.165, 1.54) is 30.3 Å². The van der Waals surface area contributed by atoms with E-state index in [1.807, 2.05) is 0 Å². The van der Waals surface area contributed by atoms with E-state index in [4.69, 9.17) is 0 Å². The Morgan fingerprint density at radius 3 is 2.00 bits per heavy atom. The summed E-state index contributed by atoms with van der Waals surface area (Å²) in [7, 11) is 0. The Labute approximate surface area is 144 Å². The number of benzene rings is 2. The molecule has 2 aromatic rings. The van der Waals surface area contributed by atoms with Crippen LogP contribution >= 0.6 is 0 Å². The molecule has 0 aliphatic carbocycles. The standard InChI is InChI=1S/C17H13F6NO2/c1-11(13-5-7-14(8-6-13)25-16(18,19)20)24-10-12-3-2-4-15(9-12)26-17(21,22)23/h2-9,24H,1,10H2. The van der Waals surface area contributed by atoms with Crippen molar-refractivity contribution in [2.24, 2.45) is 0 Å². The molecular weight excluding hydrogens is 364 g/mol. The molecule has 2 rings (SSSR count). The minimum Gasteiger partial charge on any atom is -0.406 e. The van der Waals surface area contributed by atoms with Crippen LogP contribution in [0.5, 0.6) is 11.5 Å². The van der Waals surface area contributed by atoms with Crippen LogP contribution in [0, 0.1) is 0 Å². The second kappa shape index (κ2) is 7.59. The van der Waals surface area contributed by atoms with Gasteiger partial charge in [-0.1, -0.05) is 18.7 Å². The Kier molecular flexibility index (Phi) is 5.69. The number of halogens is 6. The van der Waals surface area contributed by atoms with Crippen LogP contribution < -0.4 is 14.8 Å². The summed E-state index contributed by atoms with van der Waals surface area (Å²) in [6.45, 7) is 3.89. The molecule has 0 aliphatic rings. The van der Waals surface area contributed by atoms with Gasteiger partial charge < -0.3 is 14.8 Å². The van der Waals surface area contributed by atoms with Gasteiger partial charge in [0.25, 0.3) is 0 Å². The van der Waals surface area contributed by atoms with E-state index in [1.54, 1.807) is 6.07 Å². The van der Waals surface area contributed by atoms with Crippen molar-refractivity contribution < 1.29 is 35.8 Å². The molecule has 0 amide bonds. The second-order valence-corrected chi connectivity index (χ2v) is 5.10. The zero-order valence-electron chi connectivity index (χ0n) is 13.1. The predicted octanol–water partition coefficient (Wildman–Crippen LogP) is 5.24. The molecule has 0 bridgehead atoms. The maximum Gasteiger partial charge on any atom is 0.573 e. The van der Waals surface area contributed by atoms with Crippen molar-refractivity contribution in [2.45, 2.75) is 19.3 Å². The Balaban J connectivity index is 1.95. The normalized spacial score (nSPS) is 11.8. The Morgan fingerprint density at radius 2 is 1.42 bits per heavy atom. The second-order valence-electron chi connectivity index (χ2n) is 5.10. The lowest BCUT2D eigenvalue weighted by atomic mass is 10.1. The summed E-state index contributed by atoms with van der Waals surface area (Å²) in [5.41, 5.74) is 1.39. The van der Waals surface area contributed by atoms with Gasteiger partial charge in [0.05, 0.1) is 0 Å². The van der Waals surface area contributed by atoms with Gasteiger partial charge in [-0.15, -0.1) is 26.3 Å². The van der Waals surface area contributed by atoms with Crippen LogP contribution in [0.2, 0.25) is 0 Å². The molecule has 2 aromatic carbocycles. The van der Waals surface area contributed by atoms with Crippen molar-refractivity contribution in [3.8, 4) is 11.5 Å². The molecule has 0 aliphatic heterocycles. The fourth-order valence-electron chi connectivity index (χ4n) is 2.02. The molecule has 0 radical (unpaired) electrons. The highest BCUT2D eigenvalue weighted by molar-refractivity contribution is 5.62. The first-order valence-corrected chi connectivity index (χ1v) is 7.15. The number of hydrogen-bond donors (Lipinski definition) is 1. The molecule has 140 valence electrons. The maximum atomic E-state index is 12.2. The van der Waals surface area contributed by atoms with Crippen LogP contribution in [0.15, 0.2) is 55.1 Å². The fourth-order valence-corrected chi connectivity index (χ4v) is 2.02. The zero-order valence-corrected chi connectivity index (χ0v) is 13.1. The first-order chi connectivity index (χ1) is 12.0. The summed E-state index contributed by atoms with van der Waals surface area (Å²) < 4.78 is 80.6. The van der Waals surface area contributed by atoms with Crippen LogP contribution in [-0.4, -0.2) is 12.7 Å². The number of ether oxygens (including phenoxy) is 2. The van der Waals surface area contributed by atoms with E-state index in [2.05, 4.69) is 21.4 Å². The monoisotopic (exact) mass is 377 g/mol. The van der Waals surface area contributed by atoms with Gasteiger partial charge in [0.1, 0.15) is 11.5 Å². The molecular formula is C17H13F6NO2. The quantitative estimate of drug-likeness (QED) is 0.698. The van der Waals surface area contributed by atoms with Crippen molar-refractivity contribution >= 4 is 5.70 Å². The van der Waals surface area contributed by atoms with Crippen LogP contribution in [-0.2, 0) is 6.54 Å². The molecule has 3 nitrogen and oxygen atoms in total. The lowest BCUT2D eigenvalue weighted by Gasteiger charge is -2.13. The van der Waals surface area contributed by atoms with Gasteiger partial charge in [0.2, 0.25) is 0 Å². The molecule has 1 N–H and O–H groups in total. The van der Waals surface area contributed by atoms with Crippen molar-refractivity contribution in [2.75, 3.05) is 0 Å². The number of nitrogens with one attached hydrogen (secondary N) is 1. The molecule has 0 saturated carbocycles. The molecule has 0 aromatic heterocycles. The molecule has 9 heteroatoms. The average molecular weight is 377 g/mol. The number of alkyl halides is 6. The fraction of sp³-hybridized carbons (Fsp3) is 0.176.